The second kappa shape index (κ2) is 6.44. The highest BCUT2D eigenvalue weighted by molar-refractivity contribution is 6.24. The van der Waals surface area contributed by atoms with Gasteiger partial charge in [-0.15, -0.1) is 11.6 Å². The van der Waals surface area contributed by atoms with Crippen molar-refractivity contribution in [2.45, 2.75) is 82.0 Å². The maximum atomic E-state index is 12.8. The van der Waals surface area contributed by atoms with Crippen LogP contribution in [0.2, 0.25) is 0 Å². The second-order valence-corrected chi connectivity index (χ2v) is 10.2. The van der Waals surface area contributed by atoms with Crippen molar-refractivity contribution in [2.24, 2.45) is 23.2 Å². The molecule has 0 heterocycles. The summed E-state index contributed by atoms with van der Waals surface area (Å²) in [5.41, 5.74) is -0.426. The van der Waals surface area contributed by atoms with Crippen LogP contribution in [0.5, 0.6) is 0 Å². The highest BCUT2D eigenvalue weighted by atomic mass is 35.5. The number of nitrogens with one attached hydrogen (secondary N) is 1. The first-order valence-corrected chi connectivity index (χ1v) is 10.4. The van der Waals surface area contributed by atoms with Gasteiger partial charge in [0.2, 0.25) is 0 Å². The Labute approximate surface area is 155 Å². The fraction of sp³-hybridized carbons (Fsp3) is 0.900. The van der Waals surface area contributed by atoms with Gasteiger partial charge < -0.3 is 10.1 Å². The highest BCUT2D eigenvalue weighted by Gasteiger charge is 2.60. The van der Waals surface area contributed by atoms with Gasteiger partial charge in [-0.1, -0.05) is 19.8 Å². The summed E-state index contributed by atoms with van der Waals surface area (Å²) in [5, 5.41) is 3.06. The van der Waals surface area contributed by atoms with E-state index in [1.54, 1.807) is 0 Å². The van der Waals surface area contributed by atoms with E-state index < -0.39 is 5.41 Å². The fourth-order valence-corrected chi connectivity index (χ4v) is 7.15. The number of ether oxygens (including phenoxy) is 1. The summed E-state index contributed by atoms with van der Waals surface area (Å²) < 4.78 is 5.50. The number of hydrogen-bond acceptors (Lipinski definition) is 3. The molecule has 0 aromatic carbocycles. The lowest BCUT2D eigenvalue weighted by Crippen LogP contribution is -2.56. The molecule has 5 saturated carbocycles. The molecule has 0 unspecified atom stereocenters. The van der Waals surface area contributed by atoms with Crippen LogP contribution in [0.15, 0.2) is 0 Å². The van der Waals surface area contributed by atoms with E-state index in [0.717, 1.165) is 44.9 Å². The number of carbonyl (C=O) groups excluding carboxylic acids is 2. The van der Waals surface area contributed by atoms with Gasteiger partial charge in [0.1, 0.15) is 0 Å². The third-order valence-corrected chi connectivity index (χ3v) is 7.66. The molecule has 5 rings (SSSR count). The van der Waals surface area contributed by atoms with E-state index in [4.69, 9.17) is 16.3 Å². The van der Waals surface area contributed by atoms with Crippen LogP contribution >= 0.6 is 11.6 Å². The molecule has 140 valence electrons. The number of alkyl halides is 1. The zero-order chi connectivity index (χ0) is 17.7. The van der Waals surface area contributed by atoms with Crippen molar-refractivity contribution < 1.29 is 14.3 Å². The standard InChI is InChI=1S/C20H30ClNO3/c1-13-4-2-3-5-16(13)22-17(23)11-25-18(24)19-7-14-6-15(8-19)10-20(21,9-14)12-19/h13-16H,2-12H2,1H3,(H,22,23)/t13-,14+,15+,16-,19?,20?/m1/s1. The molecule has 4 bridgehead atoms. The molecule has 5 aliphatic rings. The van der Waals surface area contributed by atoms with E-state index >= 15 is 0 Å². The first kappa shape index (κ1) is 17.6. The topological polar surface area (TPSA) is 55.4 Å². The van der Waals surface area contributed by atoms with E-state index in [-0.39, 0.29) is 29.4 Å². The van der Waals surface area contributed by atoms with Gasteiger partial charge in [-0.3, -0.25) is 9.59 Å². The maximum absolute atomic E-state index is 12.8. The third-order valence-electron chi connectivity index (χ3n) is 7.21. The minimum Gasteiger partial charge on any atom is -0.455 e. The Morgan fingerprint density at radius 2 is 1.80 bits per heavy atom. The van der Waals surface area contributed by atoms with Crippen LogP contribution in [0.1, 0.15) is 71.1 Å². The molecule has 4 atom stereocenters. The van der Waals surface area contributed by atoms with Gasteiger partial charge in [-0.2, -0.15) is 0 Å². The minimum atomic E-state index is -0.426. The molecule has 0 aromatic heterocycles. The van der Waals surface area contributed by atoms with Crippen molar-refractivity contribution in [3.63, 3.8) is 0 Å². The van der Waals surface area contributed by atoms with Crippen molar-refractivity contribution >= 4 is 23.5 Å². The van der Waals surface area contributed by atoms with Crippen LogP contribution in [0.25, 0.3) is 0 Å². The lowest BCUT2D eigenvalue weighted by atomic mass is 9.49. The van der Waals surface area contributed by atoms with Crippen LogP contribution in [-0.4, -0.2) is 29.4 Å². The molecule has 0 radical (unpaired) electrons. The van der Waals surface area contributed by atoms with Crippen molar-refractivity contribution in [2.75, 3.05) is 6.61 Å². The average molecular weight is 368 g/mol. The molecule has 0 aliphatic heterocycles. The molecule has 0 aromatic rings. The predicted molar refractivity (Wildman–Crippen MR) is 96.2 cm³/mol. The summed E-state index contributed by atoms with van der Waals surface area (Å²) in [7, 11) is 0. The van der Waals surface area contributed by atoms with Crippen molar-refractivity contribution in [3.05, 3.63) is 0 Å². The highest BCUT2D eigenvalue weighted by Crippen LogP contribution is 2.64. The summed E-state index contributed by atoms with van der Waals surface area (Å²) in [5.74, 6) is 1.29. The number of rotatable bonds is 4. The van der Waals surface area contributed by atoms with E-state index in [0.29, 0.717) is 17.8 Å². The quantitative estimate of drug-likeness (QED) is 0.607. The summed E-state index contributed by atoms with van der Waals surface area (Å²) in [6, 6.07) is 0.227. The van der Waals surface area contributed by atoms with Gasteiger partial charge in [-0.25, -0.2) is 0 Å². The summed E-state index contributed by atoms with van der Waals surface area (Å²) in [4.78, 5) is 24.9. The van der Waals surface area contributed by atoms with Crippen LogP contribution in [0.4, 0.5) is 0 Å². The molecule has 1 N–H and O–H groups in total. The Bertz CT molecular complexity index is 549. The van der Waals surface area contributed by atoms with E-state index in [1.807, 2.05) is 0 Å². The smallest absolute Gasteiger partial charge is 0.312 e. The zero-order valence-electron chi connectivity index (χ0n) is 15.2. The molecule has 1 amide bonds. The van der Waals surface area contributed by atoms with Gasteiger partial charge in [0.15, 0.2) is 6.61 Å². The van der Waals surface area contributed by atoms with Gasteiger partial charge in [0, 0.05) is 10.9 Å². The molecule has 5 aliphatic carbocycles. The number of esters is 1. The Morgan fingerprint density at radius 1 is 1.12 bits per heavy atom. The fourth-order valence-electron chi connectivity index (χ4n) is 6.45. The first-order valence-electron chi connectivity index (χ1n) is 10.0. The van der Waals surface area contributed by atoms with Crippen molar-refractivity contribution in [1.82, 2.24) is 5.32 Å². The van der Waals surface area contributed by atoms with Crippen molar-refractivity contribution in [3.8, 4) is 0 Å². The van der Waals surface area contributed by atoms with E-state index in [9.17, 15) is 9.59 Å². The number of amides is 1. The second-order valence-electron chi connectivity index (χ2n) is 9.40. The molecular weight excluding hydrogens is 338 g/mol. The maximum Gasteiger partial charge on any atom is 0.312 e. The van der Waals surface area contributed by atoms with E-state index in [2.05, 4.69) is 12.2 Å². The minimum absolute atomic E-state index is 0.144. The average Bonchev–Trinajstić information content (AvgIpc) is 2.52. The van der Waals surface area contributed by atoms with Crippen LogP contribution < -0.4 is 5.32 Å². The molecular formula is C20H30ClNO3. The Morgan fingerprint density at radius 3 is 2.44 bits per heavy atom. The lowest BCUT2D eigenvalue weighted by molar-refractivity contribution is -0.171. The molecule has 25 heavy (non-hydrogen) atoms. The third kappa shape index (κ3) is 3.43. The summed E-state index contributed by atoms with van der Waals surface area (Å²) in [6.07, 6.45) is 10.4. The molecule has 4 nitrogen and oxygen atoms in total. The zero-order valence-corrected chi connectivity index (χ0v) is 15.9. The van der Waals surface area contributed by atoms with Gasteiger partial charge >= 0.3 is 5.97 Å². The molecule has 0 saturated heterocycles. The predicted octanol–water partition coefficient (Wildman–Crippen LogP) is 3.80. The van der Waals surface area contributed by atoms with Crippen LogP contribution in [0, 0.1) is 23.2 Å². The number of hydrogen-bond donors (Lipinski definition) is 1. The van der Waals surface area contributed by atoms with Crippen LogP contribution in [-0.2, 0) is 14.3 Å². The number of halogens is 1. The normalized spacial score (nSPS) is 45.2. The SMILES string of the molecule is C[C@@H]1CCCC[C@H]1NC(=O)COC(=O)C12C[C@@H]3C[C@H](CC(Cl)(C3)C1)C2. The molecule has 5 fully saturated rings. The monoisotopic (exact) mass is 367 g/mol. The van der Waals surface area contributed by atoms with Gasteiger partial charge in [0.25, 0.3) is 5.91 Å². The van der Waals surface area contributed by atoms with Gasteiger partial charge in [0.05, 0.1) is 5.41 Å². The van der Waals surface area contributed by atoms with Crippen LogP contribution in [0.3, 0.4) is 0 Å². The molecule has 0 spiro atoms. The first-order chi connectivity index (χ1) is 11.9. The Kier molecular flexibility index (Phi) is 4.54. The van der Waals surface area contributed by atoms with Crippen molar-refractivity contribution in [1.29, 1.82) is 0 Å². The van der Waals surface area contributed by atoms with E-state index in [1.165, 1.54) is 19.3 Å². The number of carbonyl (C=O) groups is 2. The Hall–Kier alpha value is -0.770. The lowest BCUT2D eigenvalue weighted by Gasteiger charge is -2.58. The largest absolute Gasteiger partial charge is 0.455 e. The summed E-state index contributed by atoms with van der Waals surface area (Å²) in [6.45, 7) is 2.04. The molecule has 5 heteroatoms. The Balaban J connectivity index is 1.32. The van der Waals surface area contributed by atoms with Gasteiger partial charge in [-0.05, 0) is 69.1 Å². The summed E-state index contributed by atoms with van der Waals surface area (Å²) >= 11 is 6.79.